The number of carbonyl (C=O) groups excluding carboxylic acids is 1. The summed E-state index contributed by atoms with van der Waals surface area (Å²) in [6.07, 6.45) is 4.59. The topological polar surface area (TPSA) is 122 Å². The summed E-state index contributed by atoms with van der Waals surface area (Å²) in [5.41, 5.74) is 3.53. The SMILES string of the molecule is [C-]#[N+]C1=C(OCOC2C(C)CC(C)CC2C)n2c(CCSc3ccccc3)nnc2C1=Nc1cc2c(cc1NC(=O)N(C)C)N(CCO)CCC2. The van der Waals surface area contributed by atoms with E-state index in [-0.39, 0.29) is 31.2 Å². The molecule has 2 unspecified atom stereocenters. The number of allylic oxidation sites excluding steroid dienone is 1. The van der Waals surface area contributed by atoms with Gasteiger partial charge in [-0.3, -0.25) is 9.56 Å². The van der Waals surface area contributed by atoms with Crippen molar-refractivity contribution in [2.75, 3.05) is 56.6 Å². The molecule has 1 saturated carbocycles. The Morgan fingerprint density at radius 2 is 1.92 bits per heavy atom. The number of anilines is 2. The number of nitrogens with zero attached hydrogens (tertiary/aromatic N) is 7. The highest BCUT2D eigenvalue weighted by Gasteiger charge is 2.37. The number of hydrogen-bond acceptors (Lipinski definition) is 9. The molecular formula is C38H48N8O4S. The number of aliphatic imine (C=N–C) groups is 1. The molecule has 1 aliphatic carbocycles. The maximum atomic E-state index is 13.0. The third-order valence-corrected chi connectivity index (χ3v) is 10.8. The second kappa shape index (κ2) is 16.3. The molecule has 2 N–H and O–H groups in total. The standard InChI is InChI=1S/C38H48N8O4S/c1-24-19-25(2)35(26(3)20-24)49-23-50-37-34(39-4)33(36-43-42-32(46(36)37)14-18-51-28-12-8-7-9-13-28)40-29-21-27-11-10-15-45(16-17-47)31(27)22-30(29)41-38(48)44(5)6/h7-9,12-13,21-22,24-26,35,47H,10-11,14-20,23H2,1-3,5-6H3,(H,41,48). The van der Waals surface area contributed by atoms with Gasteiger partial charge in [0.1, 0.15) is 11.5 Å². The normalized spacial score (nSPS) is 22.1. The van der Waals surface area contributed by atoms with Crippen LogP contribution in [0.4, 0.5) is 21.9 Å². The highest BCUT2D eigenvalue weighted by molar-refractivity contribution is 7.99. The van der Waals surface area contributed by atoms with E-state index >= 15 is 0 Å². The molecule has 2 atom stereocenters. The number of aliphatic hydroxyl groups is 1. The number of β-amino-alcohol motifs (C(OH)–C–C–N with tert-alkyl or cyclic N) is 1. The molecule has 1 fully saturated rings. The molecule has 2 aromatic carbocycles. The molecule has 1 aromatic heterocycles. The highest BCUT2D eigenvalue weighted by Crippen LogP contribution is 2.40. The molecule has 0 spiro atoms. The average Bonchev–Trinajstić information content (AvgIpc) is 3.64. The lowest BCUT2D eigenvalue weighted by Crippen LogP contribution is -2.36. The van der Waals surface area contributed by atoms with Crippen molar-refractivity contribution in [3.8, 4) is 0 Å². The smallest absolute Gasteiger partial charge is 0.321 e. The van der Waals surface area contributed by atoms with Gasteiger partial charge in [-0.15, -0.1) is 22.0 Å². The number of nitrogens with one attached hydrogen (secondary N) is 1. The Kier molecular flexibility index (Phi) is 11.6. The second-order valence-corrected chi connectivity index (χ2v) is 15.1. The lowest BCUT2D eigenvalue weighted by molar-refractivity contribution is -0.111. The van der Waals surface area contributed by atoms with Crippen molar-refractivity contribution in [1.82, 2.24) is 19.7 Å². The Balaban J connectivity index is 1.38. The van der Waals surface area contributed by atoms with Gasteiger partial charge in [0.05, 0.1) is 30.7 Å². The number of fused-ring (bicyclic) bond motifs is 2. The summed E-state index contributed by atoms with van der Waals surface area (Å²) < 4.78 is 14.6. The van der Waals surface area contributed by atoms with E-state index in [1.54, 1.807) is 30.4 Å². The Bertz CT molecular complexity index is 1810. The van der Waals surface area contributed by atoms with Crippen LogP contribution in [-0.4, -0.2) is 89.0 Å². The van der Waals surface area contributed by atoms with Crippen LogP contribution >= 0.6 is 11.8 Å². The van der Waals surface area contributed by atoms with E-state index in [4.69, 9.17) is 21.0 Å². The molecule has 3 aliphatic rings. The van der Waals surface area contributed by atoms with Gasteiger partial charge in [0.2, 0.25) is 5.88 Å². The molecule has 51 heavy (non-hydrogen) atoms. The number of aliphatic hydroxyl groups excluding tert-OH is 1. The maximum absolute atomic E-state index is 13.0. The average molecular weight is 713 g/mol. The van der Waals surface area contributed by atoms with Gasteiger partial charge in [-0.05, 0) is 73.3 Å². The van der Waals surface area contributed by atoms with E-state index in [2.05, 4.69) is 58.2 Å². The van der Waals surface area contributed by atoms with Crippen LogP contribution in [-0.2, 0) is 22.3 Å². The molecular weight excluding hydrogens is 665 g/mol. The second-order valence-electron chi connectivity index (χ2n) is 14.0. The van der Waals surface area contributed by atoms with Crippen molar-refractivity contribution in [3.63, 3.8) is 0 Å². The molecule has 0 bridgehead atoms. The summed E-state index contributed by atoms with van der Waals surface area (Å²) in [6.45, 7) is 16.4. The van der Waals surface area contributed by atoms with Crippen LogP contribution in [0.2, 0.25) is 0 Å². The van der Waals surface area contributed by atoms with Crippen LogP contribution in [0.15, 0.2) is 58.0 Å². The first-order valence-electron chi connectivity index (χ1n) is 17.8. The fraction of sp³-hybridized carbons (Fsp3) is 0.500. The van der Waals surface area contributed by atoms with Gasteiger partial charge in [-0.1, -0.05) is 39.0 Å². The number of urea groups is 1. The number of thioether (sulfide) groups is 1. The molecule has 12 nitrogen and oxygen atoms in total. The molecule has 2 amide bonds. The van der Waals surface area contributed by atoms with Crippen LogP contribution in [0.5, 0.6) is 0 Å². The molecule has 2 aliphatic heterocycles. The van der Waals surface area contributed by atoms with Gasteiger partial charge in [0.15, 0.2) is 12.6 Å². The van der Waals surface area contributed by atoms with Crippen molar-refractivity contribution >= 4 is 46.4 Å². The Morgan fingerprint density at radius 3 is 2.63 bits per heavy atom. The van der Waals surface area contributed by atoms with Gasteiger partial charge >= 0.3 is 6.03 Å². The van der Waals surface area contributed by atoms with Crippen LogP contribution in [0.3, 0.4) is 0 Å². The number of amides is 2. The van der Waals surface area contributed by atoms with Crippen molar-refractivity contribution in [2.24, 2.45) is 22.7 Å². The Morgan fingerprint density at radius 1 is 1.16 bits per heavy atom. The summed E-state index contributed by atoms with van der Waals surface area (Å²) in [5.74, 6) is 3.57. The van der Waals surface area contributed by atoms with Crippen molar-refractivity contribution in [2.45, 2.75) is 63.9 Å². The number of aryl methyl sites for hydroxylation is 2. The Hall–Kier alpha value is -4.38. The van der Waals surface area contributed by atoms with Gasteiger partial charge in [-0.25, -0.2) is 9.64 Å². The van der Waals surface area contributed by atoms with Crippen LogP contribution in [0.25, 0.3) is 10.7 Å². The molecule has 0 saturated heterocycles. The van der Waals surface area contributed by atoms with Crippen LogP contribution in [0, 0.1) is 24.3 Å². The van der Waals surface area contributed by atoms with Gasteiger partial charge in [-0.2, -0.15) is 0 Å². The zero-order valence-corrected chi connectivity index (χ0v) is 30.9. The van der Waals surface area contributed by atoms with Crippen molar-refractivity contribution in [3.05, 3.63) is 76.8 Å². The van der Waals surface area contributed by atoms with E-state index in [9.17, 15) is 9.90 Å². The summed E-state index contributed by atoms with van der Waals surface area (Å²) >= 11 is 1.72. The fourth-order valence-electron chi connectivity index (χ4n) is 7.55. The highest BCUT2D eigenvalue weighted by atomic mass is 32.2. The molecule has 13 heteroatoms. The van der Waals surface area contributed by atoms with Gasteiger partial charge in [0.25, 0.3) is 5.70 Å². The first-order valence-corrected chi connectivity index (χ1v) is 18.8. The third-order valence-electron chi connectivity index (χ3n) is 9.81. The summed E-state index contributed by atoms with van der Waals surface area (Å²) in [7, 11) is 3.35. The first-order chi connectivity index (χ1) is 24.7. The summed E-state index contributed by atoms with van der Waals surface area (Å²) in [6, 6.07) is 13.8. The van der Waals surface area contributed by atoms with Gasteiger partial charge < -0.3 is 29.7 Å². The lowest BCUT2D eigenvalue weighted by Gasteiger charge is -2.37. The summed E-state index contributed by atoms with van der Waals surface area (Å²) in [5, 5.41) is 21.8. The Labute approximate surface area is 304 Å². The zero-order chi connectivity index (χ0) is 36.1. The molecule has 3 heterocycles. The maximum Gasteiger partial charge on any atom is 0.321 e. The van der Waals surface area contributed by atoms with E-state index < -0.39 is 0 Å². The van der Waals surface area contributed by atoms with E-state index in [1.807, 2.05) is 30.3 Å². The lowest BCUT2D eigenvalue weighted by atomic mass is 9.75. The minimum Gasteiger partial charge on any atom is -0.460 e. The minimum atomic E-state index is -0.309. The number of hydrogen-bond donors (Lipinski definition) is 2. The number of benzene rings is 2. The number of rotatable bonds is 12. The molecule has 0 radical (unpaired) electrons. The van der Waals surface area contributed by atoms with Gasteiger partial charge in [0, 0.05) is 49.9 Å². The first kappa shape index (κ1) is 36.4. The van der Waals surface area contributed by atoms with E-state index in [0.717, 1.165) is 54.1 Å². The van der Waals surface area contributed by atoms with Crippen LogP contribution in [0.1, 0.15) is 57.2 Å². The van der Waals surface area contributed by atoms with E-state index in [1.165, 1.54) is 4.90 Å². The van der Waals surface area contributed by atoms with Crippen molar-refractivity contribution < 1.29 is 19.4 Å². The summed E-state index contributed by atoms with van der Waals surface area (Å²) in [4.78, 5) is 26.7. The largest absolute Gasteiger partial charge is 0.460 e. The number of carbonyl (C=O) groups is 1. The van der Waals surface area contributed by atoms with Crippen molar-refractivity contribution in [1.29, 1.82) is 0 Å². The van der Waals surface area contributed by atoms with Crippen LogP contribution < -0.4 is 10.2 Å². The monoisotopic (exact) mass is 712 g/mol. The predicted octanol–water partition coefficient (Wildman–Crippen LogP) is 6.69. The third kappa shape index (κ3) is 8.08. The quantitative estimate of drug-likeness (QED) is 0.121. The number of aromatic nitrogens is 3. The molecule has 3 aromatic rings. The minimum absolute atomic E-state index is 0.0190. The fourth-order valence-corrected chi connectivity index (χ4v) is 8.42. The zero-order valence-electron chi connectivity index (χ0n) is 30.1. The number of ether oxygens (including phenoxy) is 2. The molecule has 6 rings (SSSR count). The molecule has 270 valence electrons. The predicted molar refractivity (Wildman–Crippen MR) is 201 cm³/mol. The van der Waals surface area contributed by atoms with E-state index in [0.29, 0.717) is 65.3 Å².